The summed E-state index contributed by atoms with van der Waals surface area (Å²) in [6.45, 7) is 0.700. The van der Waals surface area contributed by atoms with Crippen LogP contribution < -0.4 is 10.6 Å². The highest BCUT2D eigenvalue weighted by Gasteiger charge is 2.48. The largest absolute Gasteiger partial charge is 0.465 e. The molecule has 2 rings (SSSR count). The van der Waals surface area contributed by atoms with E-state index in [-0.39, 0.29) is 36.5 Å². The van der Waals surface area contributed by atoms with Gasteiger partial charge in [-0.25, -0.2) is 13.2 Å². The third kappa shape index (κ3) is 4.73. The van der Waals surface area contributed by atoms with Crippen LogP contribution in [0.25, 0.3) is 0 Å². The SMILES string of the molecule is COC(=O)c1cc(NC(=O)C2(S(C)(=O)=O)CCNCC2)cc([N+](=O)[O-])c1.Cl. The number of nitrogens with one attached hydrogen (secondary N) is 2. The quantitative estimate of drug-likeness (QED) is 0.405. The number of halogens is 1. The number of non-ortho nitro benzene ring substituents is 1. The lowest BCUT2D eigenvalue weighted by Gasteiger charge is -2.34. The number of hydrogen-bond acceptors (Lipinski definition) is 8. The van der Waals surface area contributed by atoms with Crippen molar-refractivity contribution in [2.75, 3.05) is 31.8 Å². The lowest BCUT2D eigenvalue weighted by molar-refractivity contribution is -0.384. The van der Waals surface area contributed by atoms with Gasteiger partial charge in [-0.05, 0) is 32.0 Å². The van der Waals surface area contributed by atoms with Gasteiger partial charge in [0.2, 0.25) is 5.91 Å². The van der Waals surface area contributed by atoms with Gasteiger partial charge in [-0.15, -0.1) is 12.4 Å². The fourth-order valence-electron chi connectivity index (χ4n) is 2.87. The van der Waals surface area contributed by atoms with Crippen molar-refractivity contribution in [2.45, 2.75) is 17.6 Å². The molecule has 1 aliphatic rings. The third-order valence-corrected chi connectivity index (χ3v) is 6.36. The van der Waals surface area contributed by atoms with Gasteiger partial charge in [-0.1, -0.05) is 0 Å². The van der Waals surface area contributed by atoms with Crippen molar-refractivity contribution in [1.29, 1.82) is 0 Å². The van der Waals surface area contributed by atoms with Gasteiger partial charge in [-0.3, -0.25) is 14.9 Å². The Labute approximate surface area is 162 Å². The summed E-state index contributed by atoms with van der Waals surface area (Å²) in [6.07, 6.45) is 1.15. The Hall–Kier alpha value is -2.24. The van der Waals surface area contributed by atoms with Gasteiger partial charge < -0.3 is 15.4 Å². The first kappa shape index (κ1) is 22.8. The number of nitrogens with zero attached hydrogens (tertiary/aromatic N) is 1. The maximum atomic E-state index is 12.8. The number of esters is 1. The Kier molecular flexibility index (Phi) is 7.29. The molecular weight excluding hydrogens is 402 g/mol. The average Bonchev–Trinajstić information content (AvgIpc) is 2.60. The van der Waals surface area contributed by atoms with Gasteiger partial charge in [0.25, 0.3) is 5.69 Å². The third-order valence-electron chi connectivity index (χ3n) is 4.34. The van der Waals surface area contributed by atoms with Crippen molar-refractivity contribution in [3.8, 4) is 0 Å². The first-order valence-corrected chi connectivity index (χ1v) is 9.59. The molecule has 1 saturated heterocycles. The highest BCUT2D eigenvalue weighted by atomic mass is 35.5. The zero-order valence-corrected chi connectivity index (χ0v) is 16.3. The van der Waals surface area contributed by atoms with Gasteiger partial charge in [0.1, 0.15) is 0 Å². The van der Waals surface area contributed by atoms with E-state index in [2.05, 4.69) is 15.4 Å². The van der Waals surface area contributed by atoms with E-state index in [1.165, 1.54) is 6.07 Å². The molecule has 1 aliphatic heterocycles. The van der Waals surface area contributed by atoms with Gasteiger partial charge in [0.15, 0.2) is 14.6 Å². The Balaban J connectivity index is 0.00000364. The minimum atomic E-state index is -3.74. The van der Waals surface area contributed by atoms with Crippen LogP contribution in [0.2, 0.25) is 0 Å². The number of nitro benzene ring substituents is 1. The second-order valence-electron chi connectivity index (χ2n) is 5.99. The van der Waals surface area contributed by atoms with Crippen LogP contribution in [-0.4, -0.2) is 56.4 Å². The summed E-state index contributed by atoms with van der Waals surface area (Å²) in [7, 11) is -2.62. The van der Waals surface area contributed by atoms with Crippen LogP contribution >= 0.6 is 12.4 Å². The molecule has 0 aromatic heterocycles. The number of sulfone groups is 1. The van der Waals surface area contributed by atoms with Crippen molar-refractivity contribution < 1.29 is 27.7 Å². The molecule has 27 heavy (non-hydrogen) atoms. The standard InChI is InChI=1S/C15H19N3O7S.ClH/c1-25-13(19)10-7-11(9-12(8-10)18(21)22)17-14(20)15(26(2,23)24)3-5-16-6-4-15;/h7-9,16H,3-6H2,1-2H3,(H,17,20);1H. The van der Waals surface area contributed by atoms with Crippen molar-refractivity contribution in [3.05, 3.63) is 33.9 Å². The van der Waals surface area contributed by atoms with E-state index in [4.69, 9.17) is 0 Å². The monoisotopic (exact) mass is 421 g/mol. The number of benzene rings is 1. The van der Waals surface area contributed by atoms with Gasteiger partial charge in [-0.2, -0.15) is 0 Å². The molecule has 12 heteroatoms. The molecule has 10 nitrogen and oxygen atoms in total. The van der Waals surface area contributed by atoms with Crippen LogP contribution in [0.3, 0.4) is 0 Å². The van der Waals surface area contributed by atoms with E-state index in [1.807, 2.05) is 0 Å². The van der Waals surface area contributed by atoms with Crippen molar-refractivity contribution in [1.82, 2.24) is 5.32 Å². The molecule has 0 aliphatic carbocycles. The number of ether oxygens (including phenoxy) is 1. The van der Waals surface area contributed by atoms with Crippen molar-refractivity contribution in [2.24, 2.45) is 0 Å². The highest BCUT2D eigenvalue weighted by Crippen LogP contribution is 2.30. The molecule has 2 N–H and O–H groups in total. The molecule has 1 fully saturated rings. The molecule has 0 bridgehead atoms. The topological polar surface area (TPSA) is 145 Å². The van der Waals surface area contributed by atoms with E-state index in [1.54, 1.807) is 0 Å². The van der Waals surface area contributed by atoms with Gasteiger partial charge in [0.05, 0.1) is 17.6 Å². The molecule has 1 aromatic rings. The van der Waals surface area contributed by atoms with Gasteiger partial charge >= 0.3 is 5.97 Å². The second kappa shape index (κ2) is 8.63. The maximum Gasteiger partial charge on any atom is 0.338 e. The van der Waals surface area contributed by atoms with E-state index in [0.717, 1.165) is 25.5 Å². The first-order valence-electron chi connectivity index (χ1n) is 7.70. The van der Waals surface area contributed by atoms with Crippen LogP contribution in [0.1, 0.15) is 23.2 Å². The van der Waals surface area contributed by atoms with Crippen molar-refractivity contribution in [3.63, 3.8) is 0 Å². The molecule has 0 radical (unpaired) electrons. The lowest BCUT2D eigenvalue weighted by atomic mass is 9.95. The first-order chi connectivity index (χ1) is 12.1. The van der Waals surface area contributed by atoms with Crippen molar-refractivity contribution >= 4 is 45.5 Å². The Morgan fingerprint density at radius 2 is 1.85 bits per heavy atom. The molecule has 1 aromatic carbocycles. The van der Waals surface area contributed by atoms with Crippen LogP contribution in [0.5, 0.6) is 0 Å². The molecule has 150 valence electrons. The molecule has 0 spiro atoms. The van der Waals surface area contributed by atoms with Crippen LogP contribution in [0.4, 0.5) is 11.4 Å². The van der Waals surface area contributed by atoms with E-state index in [0.29, 0.717) is 13.1 Å². The van der Waals surface area contributed by atoms with E-state index >= 15 is 0 Å². The molecule has 0 saturated carbocycles. The van der Waals surface area contributed by atoms with E-state index < -0.39 is 37.1 Å². The maximum absolute atomic E-state index is 12.8. The highest BCUT2D eigenvalue weighted by molar-refractivity contribution is 7.92. The second-order valence-corrected chi connectivity index (χ2v) is 8.31. The molecule has 0 atom stereocenters. The molecule has 0 unspecified atom stereocenters. The number of carbonyl (C=O) groups excluding carboxylic acids is 2. The predicted molar refractivity (Wildman–Crippen MR) is 100.0 cm³/mol. The Morgan fingerprint density at radius 1 is 1.26 bits per heavy atom. The molecule has 1 amide bonds. The fraction of sp³-hybridized carbons (Fsp3) is 0.467. The smallest absolute Gasteiger partial charge is 0.338 e. The Morgan fingerprint density at radius 3 is 2.33 bits per heavy atom. The number of methoxy groups -OCH3 is 1. The predicted octanol–water partition coefficient (Wildman–Crippen LogP) is 0.909. The number of anilines is 1. The fourth-order valence-corrected chi connectivity index (χ4v) is 4.20. The number of hydrogen-bond donors (Lipinski definition) is 2. The average molecular weight is 422 g/mol. The zero-order valence-electron chi connectivity index (χ0n) is 14.7. The lowest BCUT2D eigenvalue weighted by Crippen LogP contribution is -2.55. The minimum absolute atomic E-state index is 0. The molecule has 1 heterocycles. The van der Waals surface area contributed by atoms with Crippen LogP contribution in [0, 0.1) is 10.1 Å². The van der Waals surface area contributed by atoms with E-state index in [9.17, 15) is 28.1 Å². The summed E-state index contributed by atoms with van der Waals surface area (Å²) < 4.78 is 27.4. The summed E-state index contributed by atoms with van der Waals surface area (Å²) in [6, 6.07) is 3.27. The number of rotatable bonds is 5. The summed E-state index contributed by atoms with van der Waals surface area (Å²) in [5, 5.41) is 16.5. The summed E-state index contributed by atoms with van der Waals surface area (Å²) in [5.41, 5.74) is -0.608. The van der Waals surface area contributed by atoms with Gasteiger partial charge in [0, 0.05) is 24.1 Å². The number of carbonyl (C=O) groups is 2. The van der Waals surface area contributed by atoms with Crippen LogP contribution in [0.15, 0.2) is 18.2 Å². The number of amides is 1. The minimum Gasteiger partial charge on any atom is -0.465 e. The summed E-state index contributed by atoms with van der Waals surface area (Å²) >= 11 is 0. The van der Waals surface area contributed by atoms with Crippen LogP contribution in [-0.2, 0) is 19.4 Å². The Bertz CT molecular complexity index is 851. The number of piperidine rings is 1. The zero-order chi connectivity index (χ0) is 19.5. The normalized spacial score (nSPS) is 15.9. The molecular formula is C15H20ClN3O7S. The summed E-state index contributed by atoms with van der Waals surface area (Å²) in [4.78, 5) is 34.8. The number of nitro groups is 1. The summed E-state index contributed by atoms with van der Waals surface area (Å²) in [5.74, 6) is -1.60.